The molecule has 2 rings (SSSR count). The van der Waals surface area contributed by atoms with Crippen molar-refractivity contribution in [2.24, 2.45) is 0 Å². The molecule has 0 aliphatic carbocycles. The molecule has 0 saturated heterocycles. The molecule has 0 aliphatic heterocycles. The first-order chi connectivity index (χ1) is 10.7. The molecule has 1 aromatic carbocycles. The summed E-state index contributed by atoms with van der Waals surface area (Å²) in [6.07, 6.45) is 2.85. The number of hydrogen-bond donors (Lipinski definition) is 1. The van der Waals surface area contributed by atoms with E-state index >= 15 is 0 Å². The van der Waals surface area contributed by atoms with Crippen LogP contribution in [0.2, 0.25) is 0 Å². The summed E-state index contributed by atoms with van der Waals surface area (Å²) >= 11 is 1.57. The molecule has 1 atom stereocenters. The highest BCUT2D eigenvalue weighted by molar-refractivity contribution is 7.10. The lowest BCUT2D eigenvalue weighted by molar-refractivity contribution is -0.144. The smallest absolute Gasteiger partial charge is 0.330 e. The Kier molecular flexibility index (Phi) is 5.91. The molecule has 0 unspecified atom stereocenters. The van der Waals surface area contributed by atoms with Crippen LogP contribution in [0.25, 0.3) is 0 Å². The van der Waals surface area contributed by atoms with Gasteiger partial charge in [-0.1, -0.05) is 42.5 Å². The van der Waals surface area contributed by atoms with E-state index in [4.69, 9.17) is 4.74 Å². The number of benzene rings is 1. The van der Waals surface area contributed by atoms with Crippen molar-refractivity contribution < 1.29 is 14.3 Å². The third-order valence-electron chi connectivity index (χ3n) is 2.91. The summed E-state index contributed by atoms with van der Waals surface area (Å²) in [4.78, 5) is 24.3. The van der Waals surface area contributed by atoms with E-state index < -0.39 is 5.97 Å². The first-order valence-electron chi connectivity index (χ1n) is 6.88. The van der Waals surface area contributed by atoms with Crippen LogP contribution in [0.4, 0.5) is 0 Å². The van der Waals surface area contributed by atoms with Gasteiger partial charge in [-0.15, -0.1) is 11.3 Å². The molecule has 1 aromatic heterocycles. The lowest BCUT2D eigenvalue weighted by Crippen LogP contribution is -2.32. The van der Waals surface area contributed by atoms with Crippen molar-refractivity contribution in [1.29, 1.82) is 0 Å². The summed E-state index contributed by atoms with van der Waals surface area (Å²) in [5, 5.41) is 4.87. The number of carbonyl (C=O) groups excluding carboxylic acids is 2. The quantitative estimate of drug-likeness (QED) is 0.658. The summed E-state index contributed by atoms with van der Waals surface area (Å²) in [6.45, 7) is 1.42. The molecule has 0 radical (unpaired) electrons. The van der Waals surface area contributed by atoms with Crippen LogP contribution in [0.5, 0.6) is 0 Å². The summed E-state index contributed by atoms with van der Waals surface area (Å²) in [5.41, 5.74) is 0.984. The Labute approximate surface area is 133 Å². The minimum Gasteiger partial charge on any atom is -0.452 e. The van der Waals surface area contributed by atoms with Crippen LogP contribution in [-0.2, 0) is 14.3 Å². The van der Waals surface area contributed by atoms with Gasteiger partial charge in [0, 0.05) is 11.0 Å². The molecule has 4 nitrogen and oxygen atoms in total. The number of rotatable bonds is 6. The summed E-state index contributed by atoms with van der Waals surface area (Å²) in [5.74, 6) is -0.856. The van der Waals surface area contributed by atoms with Crippen molar-refractivity contribution in [3.63, 3.8) is 0 Å². The Morgan fingerprint density at radius 2 is 2.00 bits per heavy atom. The summed E-state index contributed by atoms with van der Waals surface area (Å²) < 4.78 is 4.86. The lowest BCUT2D eigenvalue weighted by Gasteiger charge is -2.18. The van der Waals surface area contributed by atoms with E-state index in [0.717, 1.165) is 10.4 Å². The normalized spacial score (nSPS) is 12.0. The van der Waals surface area contributed by atoms with Gasteiger partial charge in [0.1, 0.15) is 0 Å². The lowest BCUT2D eigenvalue weighted by atomic mass is 10.1. The second-order valence-electron chi connectivity index (χ2n) is 4.53. The van der Waals surface area contributed by atoms with E-state index in [1.54, 1.807) is 24.3 Å². The Hall–Kier alpha value is -2.40. The topological polar surface area (TPSA) is 55.4 Å². The second-order valence-corrected chi connectivity index (χ2v) is 5.51. The number of thiophene rings is 1. The molecule has 0 spiro atoms. The number of amides is 1. The van der Waals surface area contributed by atoms with Gasteiger partial charge in [-0.25, -0.2) is 4.79 Å². The number of nitrogens with one attached hydrogen (secondary N) is 1. The van der Waals surface area contributed by atoms with Gasteiger partial charge in [-0.2, -0.15) is 0 Å². The highest BCUT2D eigenvalue weighted by atomic mass is 32.1. The predicted octanol–water partition coefficient (Wildman–Crippen LogP) is 3.07. The van der Waals surface area contributed by atoms with Crippen LogP contribution in [-0.4, -0.2) is 18.5 Å². The predicted molar refractivity (Wildman–Crippen MR) is 86.5 cm³/mol. The molecule has 1 N–H and O–H groups in total. The molecule has 22 heavy (non-hydrogen) atoms. The van der Waals surface area contributed by atoms with E-state index in [0.29, 0.717) is 0 Å². The van der Waals surface area contributed by atoms with Crippen molar-refractivity contribution in [2.45, 2.75) is 13.0 Å². The highest BCUT2D eigenvalue weighted by Crippen LogP contribution is 2.25. The van der Waals surface area contributed by atoms with Gasteiger partial charge in [0.15, 0.2) is 6.61 Å². The maximum absolute atomic E-state index is 12.0. The van der Waals surface area contributed by atoms with Crippen LogP contribution in [0.3, 0.4) is 0 Å². The van der Waals surface area contributed by atoms with Gasteiger partial charge < -0.3 is 10.1 Å². The standard InChI is InChI=1S/C17H17NO3S/c1-2-7-16(20)21-12-15(19)18-17(14-10-6-11-22-14)13-8-4-3-5-9-13/h2-11,17H,12H2,1H3,(H,18,19)/b7-2+/t17-/m0/s1. The zero-order valence-corrected chi connectivity index (χ0v) is 13.0. The van der Waals surface area contributed by atoms with Gasteiger partial charge in [0.25, 0.3) is 5.91 Å². The largest absolute Gasteiger partial charge is 0.452 e. The summed E-state index contributed by atoms with van der Waals surface area (Å²) in [7, 11) is 0. The average molecular weight is 315 g/mol. The number of esters is 1. The van der Waals surface area contributed by atoms with Gasteiger partial charge in [-0.05, 0) is 23.9 Å². The van der Waals surface area contributed by atoms with Crippen molar-refractivity contribution in [2.75, 3.05) is 6.61 Å². The molecule has 0 aliphatic rings. The third kappa shape index (κ3) is 4.56. The van der Waals surface area contributed by atoms with Gasteiger partial charge in [0.05, 0.1) is 6.04 Å². The number of carbonyl (C=O) groups is 2. The van der Waals surface area contributed by atoms with Crippen LogP contribution in [0.15, 0.2) is 60.0 Å². The van der Waals surface area contributed by atoms with Crippen LogP contribution in [0, 0.1) is 0 Å². The SMILES string of the molecule is C/C=C/C(=O)OCC(=O)N[C@@H](c1ccccc1)c1cccs1. The van der Waals surface area contributed by atoms with Crippen molar-refractivity contribution >= 4 is 23.2 Å². The molecular formula is C17H17NO3S. The molecule has 114 valence electrons. The van der Waals surface area contributed by atoms with E-state index in [9.17, 15) is 9.59 Å². The third-order valence-corrected chi connectivity index (χ3v) is 3.85. The Morgan fingerprint density at radius 3 is 2.64 bits per heavy atom. The molecule has 1 amide bonds. The molecule has 0 saturated carbocycles. The van der Waals surface area contributed by atoms with E-state index in [2.05, 4.69) is 5.32 Å². The van der Waals surface area contributed by atoms with Crippen LogP contribution in [0.1, 0.15) is 23.4 Å². The fourth-order valence-corrected chi connectivity index (χ4v) is 2.75. The van der Waals surface area contributed by atoms with Crippen molar-refractivity contribution in [3.05, 3.63) is 70.4 Å². The van der Waals surface area contributed by atoms with E-state index in [1.807, 2.05) is 47.8 Å². The second kappa shape index (κ2) is 8.14. The fraction of sp³-hybridized carbons (Fsp3) is 0.176. The minimum absolute atomic E-state index is 0.242. The maximum atomic E-state index is 12.0. The number of hydrogen-bond acceptors (Lipinski definition) is 4. The molecule has 0 fully saturated rings. The highest BCUT2D eigenvalue weighted by Gasteiger charge is 2.18. The van der Waals surface area contributed by atoms with Crippen molar-refractivity contribution in [3.8, 4) is 0 Å². The molecular weight excluding hydrogens is 298 g/mol. The maximum Gasteiger partial charge on any atom is 0.330 e. The molecule has 5 heteroatoms. The van der Waals surface area contributed by atoms with Crippen LogP contribution < -0.4 is 5.32 Å². The van der Waals surface area contributed by atoms with E-state index in [-0.39, 0.29) is 18.6 Å². The zero-order chi connectivity index (χ0) is 15.8. The van der Waals surface area contributed by atoms with Crippen LogP contribution >= 0.6 is 11.3 Å². The number of allylic oxidation sites excluding steroid dienone is 1. The Morgan fingerprint density at radius 1 is 1.23 bits per heavy atom. The first-order valence-corrected chi connectivity index (χ1v) is 7.76. The summed E-state index contributed by atoms with van der Waals surface area (Å²) in [6, 6.07) is 13.3. The Balaban J connectivity index is 2.05. The average Bonchev–Trinajstić information content (AvgIpc) is 3.06. The van der Waals surface area contributed by atoms with E-state index in [1.165, 1.54) is 6.08 Å². The monoisotopic (exact) mass is 315 g/mol. The number of ether oxygens (including phenoxy) is 1. The van der Waals surface area contributed by atoms with Gasteiger partial charge in [0.2, 0.25) is 0 Å². The molecule has 1 heterocycles. The Bertz CT molecular complexity index is 635. The van der Waals surface area contributed by atoms with Gasteiger partial charge in [-0.3, -0.25) is 4.79 Å². The fourth-order valence-electron chi connectivity index (χ4n) is 1.94. The zero-order valence-electron chi connectivity index (χ0n) is 12.2. The van der Waals surface area contributed by atoms with Crippen molar-refractivity contribution in [1.82, 2.24) is 5.32 Å². The minimum atomic E-state index is -0.523. The van der Waals surface area contributed by atoms with Gasteiger partial charge >= 0.3 is 5.97 Å². The molecule has 2 aromatic rings. The first kappa shape index (κ1) is 16.0. The molecule has 0 bridgehead atoms.